The van der Waals surface area contributed by atoms with Crippen molar-refractivity contribution >= 4 is 27.3 Å². The molecule has 0 aliphatic heterocycles. The molecule has 2 nitrogen and oxygen atoms in total. The van der Waals surface area contributed by atoms with E-state index in [0.29, 0.717) is 0 Å². The third kappa shape index (κ3) is 2.07. The van der Waals surface area contributed by atoms with Crippen LogP contribution in [0.4, 0.5) is 0 Å². The molecule has 2 saturated carbocycles. The summed E-state index contributed by atoms with van der Waals surface area (Å²) in [6.07, 6.45) is 5.55. The minimum absolute atomic E-state index is 0.277. The molecule has 3 unspecified atom stereocenters. The van der Waals surface area contributed by atoms with E-state index < -0.39 is 0 Å². The van der Waals surface area contributed by atoms with Gasteiger partial charge in [0.25, 0.3) is 0 Å². The quantitative estimate of drug-likeness (QED) is 0.917. The molecule has 4 heteroatoms. The first-order valence-electron chi connectivity index (χ1n) is 6.78. The highest BCUT2D eigenvalue weighted by Crippen LogP contribution is 2.53. The van der Waals surface area contributed by atoms with Crippen LogP contribution in [0, 0.1) is 11.8 Å². The van der Waals surface area contributed by atoms with E-state index in [0.717, 1.165) is 24.9 Å². The summed E-state index contributed by atoms with van der Waals surface area (Å²) in [7, 11) is 2.27. The van der Waals surface area contributed by atoms with Gasteiger partial charge in [0.15, 0.2) is 0 Å². The number of hydrogen-bond acceptors (Lipinski definition) is 3. The predicted molar refractivity (Wildman–Crippen MR) is 80.7 cm³/mol. The molecule has 2 fully saturated rings. The van der Waals surface area contributed by atoms with Gasteiger partial charge >= 0.3 is 0 Å². The van der Waals surface area contributed by atoms with Gasteiger partial charge in [0.05, 0.1) is 0 Å². The van der Waals surface area contributed by atoms with Crippen molar-refractivity contribution in [1.82, 2.24) is 4.90 Å². The van der Waals surface area contributed by atoms with E-state index in [1.807, 2.05) is 11.3 Å². The van der Waals surface area contributed by atoms with Crippen LogP contribution < -0.4 is 5.73 Å². The molecule has 0 radical (unpaired) electrons. The lowest BCUT2D eigenvalue weighted by Crippen LogP contribution is -2.55. The average molecular weight is 329 g/mol. The third-order valence-electron chi connectivity index (χ3n) is 5.07. The molecule has 2 N–H and O–H groups in total. The molecule has 18 heavy (non-hydrogen) atoms. The third-order valence-corrected chi connectivity index (χ3v) is 6.75. The Morgan fingerprint density at radius 3 is 2.89 bits per heavy atom. The van der Waals surface area contributed by atoms with Crippen molar-refractivity contribution in [3.05, 3.63) is 20.8 Å². The lowest BCUT2D eigenvalue weighted by Gasteiger charge is -2.44. The van der Waals surface area contributed by atoms with E-state index in [9.17, 15) is 0 Å². The van der Waals surface area contributed by atoms with E-state index in [-0.39, 0.29) is 5.54 Å². The van der Waals surface area contributed by atoms with Crippen LogP contribution in [0.25, 0.3) is 0 Å². The van der Waals surface area contributed by atoms with Gasteiger partial charge in [0.1, 0.15) is 0 Å². The molecule has 3 rings (SSSR count). The van der Waals surface area contributed by atoms with Crippen LogP contribution in [0.1, 0.15) is 30.6 Å². The van der Waals surface area contributed by atoms with Crippen LogP contribution in [0.15, 0.2) is 15.9 Å². The normalized spacial score (nSPS) is 34.7. The zero-order valence-corrected chi connectivity index (χ0v) is 13.3. The maximum Gasteiger partial charge on any atom is 0.0363 e. The number of nitrogens with two attached hydrogens (primary N) is 1. The largest absolute Gasteiger partial charge is 0.329 e. The van der Waals surface area contributed by atoms with Crippen LogP contribution >= 0.6 is 27.3 Å². The number of halogens is 1. The zero-order chi connectivity index (χ0) is 12.8. The predicted octanol–water partition coefficient (Wildman–Crippen LogP) is 3.46. The molecule has 100 valence electrons. The average Bonchev–Trinajstić information content (AvgIpc) is 3.04. The van der Waals surface area contributed by atoms with Crippen molar-refractivity contribution in [3.63, 3.8) is 0 Å². The molecule has 0 amide bonds. The first kappa shape index (κ1) is 13.1. The molecule has 2 bridgehead atoms. The van der Waals surface area contributed by atoms with Gasteiger partial charge in [-0.05, 0) is 60.1 Å². The second kappa shape index (κ2) is 4.89. The number of rotatable bonds is 4. The summed E-state index contributed by atoms with van der Waals surface area (Å²) in [5.74, 6) is 1.77. The summed E-state index contributed by atoms with van der Waals surface area (Å²) >= 11 is 5.37. The molecule has 0 saturated heterocycles. The minimum Gasteiger partial charge on any atom is -0.329 e. The van der Waals surface area contributed by atoms with Gasteiger partial charge in [-0.3, -0.25) is 4.90 Å². The van der Waals surface area contributed by atoms with Crippen molar-refractivity contribution in [3.8, 4) is 0 Å². The zero-order valence-electron chi connectivity index (χ0n) is 10.9. The summed E-state index contributed by atoms with van der Waals surface area (Å²) in [6.45, 7) is 1.86. The maximum atomic E-state index is 6.17. The SMILES string of the molecule is CN(Cc1cc(Br)cs1)C1(CN)CC2CCC1C2. The van der Waals surface area contributed by atoms with Crippen LogP contribution in [-0.2, 0) is 6.54 Å². The molecule has 0 spiro atoms. The number of nitrogens with zero attached hydrogens (tertiary/aromatic N) is 1. The monoisotopic (exact) mass is 328 g/mol. The fraction of sp³-hybridized carbons (Fsp3) is 0.714. The lowest BCUT2D eigenvalue weighted by atomic mass is 9.79. The Kier molecular flexibility index (Phi) is 3.56. The molecule has 3 atom stereocenters. The van der Waals surface area contributed by atoms with Gasteiger partial charge in [-0.1, -0.05) is 6.42 Å². The van der Waals surface area contributed by atoms with E-state index in [1.54, 1.807) is 0 Å². The number of thiophene rings is 1. The first-order chi connectivity index (χ1) is 8.64. The fourth-order valence-electron chi connectivity index (χ4n) is 4.12. The molecule has 1 aromatic rings. The summed E-state index contributed by atoms with van der Waals surface area (Å²) in [4.78, 5) is 3.97. The van der Waals surface area contributed by atoms with Gasteiger partial charge in [-0.2, -0.15) is 0 Å². The van der Waals surface area contributed by atoms with Crippen LogP contribution in [-0.4, -0.2) is 24.0 Å². The molecule has 2 aliphatic carbocycles. The maximum absolute atomic E-state index is 6.17. The van der Waals surface area contributed by atoms with E-state index in [4.69, 9.17) is 5.73 Å². The second-order valence-electron chi connectivity index (χ2n) is 5.98. The molecule has 1 aromatic heterocycles. The Hall–Kier alpha value is 0.1000. The Morgan fingerprint density at radius 2 is 2.39 bits per heavy atom. The highest BCUT2D eigenvalue weighted by atomic mass is 79.9. The van der Waals surface area contributed by atoms with Gasteiger partial charge < -0.3 is 5.73 Å². The topological polar surface area (TPSA) is 29.3 Å². The fourth-order valence-corrected chi connectivity index (χ4v) is 5.62. The summed E-state index contributed by atoms with van der Waals surface area (Å²) in [6, 6.07) is 2.23. The van der Waals surface area contributed by atoms with E-state index in [2.05, 4.69) is 39.3 Å². The lowest BCUT2D eigenvalue weighted by molar-refractivity contribution is 0.0600. The standard InChI is InChI=1S/C14H21BrN2S/c1-17(7-13-5-12(15)8-18-13)14(9-16)6-10-2-3-11(14)4-10/h5,8,10-11H,2-4,6-7,9,16H2,1H3. The molecule has 1 heterocycles. The number of hydrogen-bond donors (Lipinski definition) is 1. The van der Waals surface area contributed by atoms with E-state index in [1.165, 1.54) is 35.0 Å². The Labute approximate surface area is 122 Å². The first-order valence-corrected chi connectivity index (χ1v) is 8.45. The summed E-state index contributed by atoms with van der Waals surface area (Å²) < 4.78 is 1.20. The Bertz CT molecular complexity index is 433. The van der Waals surface area contributed by atoms with Crippen molar-refractivity contribution in [2.75, 3.05) is 13.6 Å². The summed E-state index contributed by atoms with van der Waals surface area (Å²) in [5.41, 5.74) is 6.44. The molecule has 0 aromatic carbocycles. The number of likely N-dealkylation sites (N-methyl/N-ethyl adjacent to an activating group) is 1. The van der Waals surface area contributed by atoms with Crippen molar-refractivity contribution in [2.24, 2.45) is 17.6 Å². The van der Waals surface area contributed by atoms with Crippen LogP contribution in [0.2, 0.25) is 0 Å². The van der Waals surface area contributed by atoms with E-state index >= 15 is 0 Å². The van der Waals surface area contributed by atoms with Gasteiger partial charge in [-0.25, -0.2) is 0 Å². The highest BCUT2D eigenvalue weighted by molar-refractivity contribution is 9.10. The van der Waals surface area contributed by atoms with Crippen molar-refractivity contribution < 1.29 is 0 Å². The molecular formula is C14H21BrN2S. The van der Waals surface area contributed by atoms with Gasteiger partial charge in [0, 0.05) is 33.4 Å². The highest BCUT2D eigenvalue weighted by Gasteiger charge is 2.52. The van der Waals surface area contributed by atoms with Gasteiger partial charge in [-0.15, -0.1) is 11.3 Å². The second-order valence-corrected chi connectivity index (χ2v) is 7.89. The van der Waals surface area contributed by atoms with Crippen LogP contribution in [0.5, 0.6) is 0 Å². The molecular weight excluding hydrogens is 308 g/mol. The van der Waals surface area contributed by atoms with Crippen LogP contribution in [0.3, 0.4) is 0 Å². The molecule has 2 aliphatic rings. The van der Waals surface area contributed by atoms with Crippen molar-refractivity contribution in [2.45, 2.75) is 37.8 Å². The van der Waals surface area contributed by atoms with Gasteiger partial charge in [0.2, 0.25) is 0 Å². The van der Waals surface area contributed by atoms with Crippen molar-refractivity contribution in [1.29, 1.82) is 0 Å². The Morgan fingerprint density at radius 1 is 1.56 bits per heavy atom. The smallest absolute Gasteiger partial charge is 0.0363 e. The Balaban J connectivity index is 1.76. The number of fused-ring (bicyclic) bond motifs is 2. The summed E-state index contributed by atoms with van der Waals surface area (Å²) in [5, 5.41) is 2.17. The minimum atomic E-state index is 0.277.